The number of carbonyl (C=O) groups excluding carboxylic acids is 4. The van der Waals surface area contributed by atoms with Gasteiger partial charge in [-0.2, -0.15) is 0 Å². The predicted molar refractivity (Wildman–Crippen MR) is 190 cm³/mol. The van der Waals surface area contributed by atoms with E-state index in [-0.39, 0.29) is 19.4 Å². The van der Waals surface area contributed by atoms with Crippen LogP contribution in [-0.2, 0) is 24.4 Å². The van der Waals surface area contributed by atoms with E-state index in [0.29, 0.717) is 43.1 Å². The van der Waals surface area contributed by atoms with Crippen LogP contribution in [0.1, 0.15) is 83.0 Å². The first-order valence-corrected chi connectivity index (χ1v) is 19.2. The summed E-state index contributed by atoms with van der Waals surface area (Å²) in [5.41, 5.74) is -0.854. The van der Waals surface area contributed by atoms with Crippen molar-refractivity contribution in [1.29, 1.82) is 0 Å². The molecule has 5 amide bonds. The number of tetrazole rings is 1. The number of rotatable bonds is 7. The number of carbonyl (C=O) groups is 4. The predicted octanol–water partition coefficient (Wildman–Crippen LogP) is 1.94. The maximum absolute atomic E-state index is 14.5. The molecule has 4 aliphatic rings. The highest BCUT2D eigenvalue weighted by molar-refractivity contribution is 7.91. The third-order valence-corrected chi connectivity index (χ3v) is 12.0. The van der Waals surface area contributed by atoms with Gasteiger partial charge >= 0.3 is 6.03 Å². The molecule has 52 heavy (non-hydrogen) atoms. The van der Waals surface area contributed by atoms with Crippen LogP contribution >= 0.6 is 0 Å². The molecule has 5 atom stereocenters. The van der Waals surface area contributed by atoms with Crippen molar-refractivity contribution < 1.29 is 32.3 Å². The van der Waals surface area contributed by atoms with Gasteiger partial charge in [0.1, 0.15) is 23.4 Å². The molecule has 0 spiro atoms. The molecule has 1 aromatic heterocycles. The third kappa shape index (κ3) is 7.68. The van der Waals surface area contributed by atoms with Crippen molar-refractivity contribution >= 4 is 39.9 Å². The second-order valence-electron chi connectivity index (χ2n) is 15.1. The fourth-order valence-electron chi connectivity index (χ4n) is 6.80. The van der Waals surface area contributed by atoms with E-state index in [9.17, 15) is 27.6 Å². The quantitative estimate of drug-likeness (QED) is 0.304. The first kappa shape index (κ1) is 37.0. The van der Waals surface area contributed by atoms with Gasteiger partial charge in [0.2, 0.25) is 21.8 Å². The van der Waals surface area contributed by atoms with Gasteiger partial charge in [0, 0.05) is 30.5 Å². The molecule has 6 bridgehead atoms. The lowest BCUT2D eigenvalue weighted by atomic mass is 9.85. The zero-order valence-corrected chi connectivity index (χ0v) is 30.7. The number of hydrogen-bond donors (Lipinski definition) is 4. The topological polar surface area (TPSA) is 207 Å². The summed E-state index contributed by atoms with van der Waals surface area (Å²) in [6, 6.07) is 2.84. The Morgan fingerprint density at radius 2 is 1.94 bits per heavy atom. The Kier molecular flexibility index (Phi) is 10.2. The van der Waals surface area contributed by atoms with Crippen LogP contribution in [-0.4, -0.2) is 100 Å². The number of methoxy groups -OCH3 is 1. The van der Waals surface area contributed by atoms with E-state index in [0.717, 1.165) is 18.4 Å². The van der Waals surface area contributed by atoms with E-state index in [1.165, 1.54) is 15.8 Å². The number of ether oxygens (including phenoxy) is 1. The van der Waals surface area contributed by atoms with Crippen molar-refractivity contribution in [3.63, 3.8) is 0 Å². The van der Waals surface area contributed by atoms with Gasteiger partial charge in [-0.05, 0) is 73.8 Å². The molecule has 2 aliphatic carbocycles. The van der Waals surface area contributed by atoms with E-state index >= 15 is 0 Å². The van der Waals surface area contributed by atoms with E-state index in [1.54, 1.807) is 13.2 Å². The smallest absolute Gasteiger partial charge is 0.315 e. The maximum atomic E-state index is 14.5. The number of sulfonamides is 1. The van der Waals surface area contributed by atoms with Crippen molar-refractivity contribution in [2.45, 2.75) is 94.5 Å². The minimum absolute atomic E-state index is 0.0231. The second kappa shape index (κ2) is 14.3. The van der Waals surface area contributed by atoms with Gasteiger partial charge < -0.3 is 25.6 Å². The Bertz CT molecular complexity index is 1880. The summed E-state index contributed by atoms with van der Waals surface area (Å²) in [6.45, 7) is 9.64. The molecule has 2 aliphatic heterocycles. The fourth-order valence-corrected chi connectivity index (χ4v) is 8.17. The zero-order valence-electron chi connectivity index (χ0n) is 29.9. The molecule has 6 rings (SSSR count). The summed E-state index contributed by atoms with van der Waals surface area (Å²) in [5.74, 6) is -2.07. The van der Waals surface area contributed by atoms with Crippen molar-refractivity contribution in [2.75, 3.05) is 20.2 Å². The molecular formula is C35H47N9O7S. The minimum atomic E-state index is -3.89. The number of allylic oxidation sites excluding steroid dienone is 1. The molecule has 0 radical (unpaired) electrons. The van der Waals surface area contributed by atoms with Gasteiger partial charge in [0.05, 0.1) is 18.0 Å². The average Bonchev–Trinajstić information content (AvgIpc) is 3.97. The molecule has 0 unspecified atom stereocenters. The van der Waals surface area contributed by atoms with Crippen LogP contribution in [0.4, 0.5) is 4.79 Å². The zero-order chi connectivity index (χ0) is 37.4. The number of fused-ring (bicyclic) bond motifs is 8. The number of urea groups is 1. The normalized spacial score (nSPS) is 27.4. The number of nitrogens with one attached hydrogen (secondary N) is 4. The average molecular weight is 738 g/mol. The third-order valence-electron chi connectivity index (χ3n) is 10.1. The van der Waals surface area contributed by atoms with Crippen LogP contribution in [0.15, 0.2) is 36.9 Å². The lowest BCUT2D eigenvalue weighted by molar-refractivity contribution is -0.142. The van der Waals surface area contributed by atoms with Gasteiger partial charge in [-0.1, -0.05) is 39.0 Å². The Hall–Kier alpha value is -4.80. The van der Waals surface area contributed by atoms with Gasteiger partial charge in [-0.3, -0.25) is 19.1 Å². The molecule has 16 nitrogen and oxygen atoms in total. The maximum Gasteiger partial charge on any atom is 0.315 e. The molecule has 1 saturated heterocycles. The van der Waals surface area contributed by atoms with Crippen LogP contribution in [0.2, 0.25) is 0 Å². The number of benzene rings is 1. The second-order valence-corrected chi connectivity index (χ2v) is 17.0. The van der Waals surface area contributed by atoms with Crippen LogP contribution < -0.4 is 25.4 Å². The summed E-state index contributed by atoms with van der Waals surface area (Å²) in [6.07, 6.45) is 8.93. The highest BCUT2D eigenvalue weighted by Crippen LogP contribution is 2.46. The summed E-state index contributed by atoms with van der Waals surface area (Å²) in [5, 5.41) is 21.1. The Morgan fingerprint density at radius 1 is 1.17 bits per heavy atom. The van der Waals surface area contributed by atoms with Crippen LogP contribution in [0, 0.1) is 11.3 Å². The molecule has 2 saturated carbocycles. The summed E-state index contributed by atoms with van der Waals surface area (Å²) < 4.78 is 33.1. The monoisotopic (exact) mass is 737 g/mol. The molecule has 4 N–H and O–H groups in total. The van der Waals surface area contributed by atoms with Gasteiger partial charge in [0.25, 0.3) is 5.91 Å². The molecule has 280 valence electrons. The Morgan fingerprint density at radius 3 is 2.62 bits per heavy atom. The first-order chi connectivity index (χ1) is 24.7. The number of aromatic nitrogens is 4. The van der Waals surface area contributed by atoms with Gasteiger partial charge in [-0.25, -0.2) is 13.2 Å². The largest absolute Gasteiger partial charge is 0.496 e. The molecule has 3 fully saturated rings. The standard InChI is InChI=1S/C35H47N9O7S/c1-6-23-19-35(23,32(47)41-52(49,50)25-13-14-25)38-30(45)26-18-22-20-43(26)31(46)28(34(2,3)4)37-33(48)36-16-10-8-7-9-11-21-17-24(12-15-27(21)51-5)44-40-29(22)39-42-44/h6,9,11-12,15,17,22-23,25-26,28H,1,7-8,10,13-14,16,18-20H2,2-5H3,(H,38,45)(H,41,47)(H2,36,37,48)/b11-9+/t22-,23-,26+,28-,35-/m1/s1. The van der Waals surface area contributed by atoms with Gasteiger partial charge in [-0.15, -0.1) is 21.6 Å². The van der Waals surface area contributed by atoms with Gasteiger partial charge in [0.15, 0.2) is 5.82 Å². The number of hydrogen-bond acceptors (Lipinski definition) is 10. The molecule has 3 heterocycles. The van der Waals surface area contributed by atoms with E-state index < -0.39 is 73.9 Å². The minimum Gasteiger partial charge on any atom is -0.496 e. The van der Waals surface area contributed by atoms with Crippen LogP contribution in [0.25, 0.3) is 11.8 Å². The highest BCUT2D eigenvalue weighted by atomic mass is 32.2. The van der Waals surface area contributed by atoms with Crippen LogP contribution in [0.3, 0.4) is 0 Å². The van der Waals surface area contributed by atoms with Crippen molar-refractivity contribution in [2.24, 2.45) is 11.3 Å². The van der Waals surface area contributed by atoms with Crippen molar-refractivity contribution in [3.05, 3.63) is 48.3 Å². The van der Waals surface area contributed by atoms with E-state index in [2.05, 4.69) is 42.7 Å². The lowest BCUT2D eigenvalue weighted by Crippen LogP contribution is -2.61. The molecule has 17 heteroatoms. The molecule has 2 aromatic rings. The molecule has 1 aromatic carbocycles. The first-order valence-electron chi connectivity index (χ1n) is 17.7. The number of nitrogens with zero attached hydrogens (tertiary/aromatic N) is 5. The summed E-state index contributed by atoms with van der Waals surface area (Å²) in [7, 11) is -2.30. The summed E-state index contributed by atoms with van der Waals surface area (Å²) in [4.78, 5) is 58.1. The van der Waals surface area contributed by atoms with Crippen molar-refractivity contribution in [3.8, 4) is 11.4 Å². The molecular weight excluding hydrogens is 691 g/mol. The number of amides is 5. The van der Waals surface area contributed by atoms with Crippen molar-refractivity contribution in [1.82, 2.24) is 45.8 Å². The van der Waals surface area contributed by atoms with Crippen LogP contribution in [0.5, 0.6) is 5.75 Å². The summed E-state index contributed by atoms with van der Waals surface area (Å²) >= 11 is 0. The lowest BCUT2D eigenvalue weighted by Gasteiger charge is -2.35. The Labute approximate surface area is 303 Å². The highest BCUT2D eigenvalue weighted by Gasteiger charge is 2.62. The SMILES string of the molecule is C=C[C@@H]1C[C@]1(NC(=O)[C@@H]1C[C@@H]2CN1C(=O)[C@H](C(C)(C)C)NC(=O)NCCCC/C=C/c1cc(ccc1OC)-n1nnc2n1)C(=O)NS(=O)(=O)C1CC1. The fraction of sp³-hybridized carbons (Fsp3) is 0.571. The Balaban J connectivity index is 1.33. The van der Waals surface area contributed by atoms with E-state index in [1.807, 2.05) is 45.1 Å². The van der Waals surface area contributed by atoms with E-state index in [4.69, 9.17) is 4.74 Å².